The lowest BCUT2D eigenvalue weighted by molar-refractivity contribution is -0.118. The van der Waals surface area contributed by atoms with E-state index in [1.807, 2.05) is 14.0 Å². The van der Waals surface area contributed by atoms with E-state index >= 15 is 0 Å². The van der Waals surface area contributed by atoms with Crippen LogP contribution in [-0.4, -0.2) is 25.5 Å². The molecular formula is C11H14N4O. The second-order valence-electron chi connectivity index (χ2n) is 3.79. The van der Waals surface area contributed by atoms with Gasteiger partial charge in [-0.3, -0.25) is 9.48 Å². The molecule has 0 saturated heterocycles. The zero-order valence-electron chi connectivity index (χ0n) is 9.47. The Hall–Kier alpha value is -1.78. The van der Waals surface area contributed by atoms with Crippen LogP contribution in [-0.2, 0) is 18.3 Å². The molecule has 0 unspecified atom stereocenters. The fourth-order valence-corrected chi connectivity index (χ4v) is 1.71. The Bertz CT molecular complexity index is 518. The molecule has 0 saturated carbocycles. The summed E-state index contributed by atoms with van der Waals surface area (Å²) < 4.78 is 1.69. The first-order chi connectivity index (χ1) is 7.72. The Labute approximate surface area is 93.5 Å². The van der Waals surface area contributed by atoms with Gasteiger partial charge in [-0.25, -0.2) is 9.97 Å². The van der Waals surface area contributed by atoms with E-state index in [-0.39, 0.29) is 5.78 Å². The quantitative estimate of drug-likeness (QED) is 0.775. The normalized spacial score (nSPS) is 10.9. The van der Waals surface area contributed by atoms with Crippen molar-refractivity contribution in [2.45, 2.75) is 26.2 Å². The maximum Gasteiger partial charge on any atom is 0.161 e. The molecule has 2 heterocycles. The van der Waals surface area contributed by atoms with Gasteiger partial charge in [0.2, 0.25) is 0 Å². The Kier molecular flexibility index (Phi) is 2.94. The van der Waals surface area contributed by atoms with Gasteiger partial charge in [0, 0.05) is 19.9 Å². The second kappa shape index (κ2) is 4.38. The largest absolute Gasteiger partial charge is 0.299 e. The van der Waals surface area contributed by atoms with Gasteiger partial charge < -0.3 is 0 Å². The van der Waals surface area contributed by atoms with Crippen LogP contribution < -0.4 is 0 Å². The minimum atomic E-state index is 0.214. The zero-order valence-corrected chi connectivity index (χ0v) is 9.47. The first-order valence-corrected chi connectivity index (χ1v) is 5.35. The lowest BCUT2D eigenvalue weighted by Gasteiger charge is -2.00. The molecule has 0 aliphatic heterocycles. The highest BCUT2D eigenvalue weighted by Gasteiger charge is 2.10. The molecule has 0 amide bonds. The highest BCUT2D eigenvalue weighted by atomic mass is 16.1. The molecule has 5 heteroatoms. The number of hydrogen-bond donors (Lipinski definition) is 0. The SMILES string of the molecule is CCCC(=O)Cc1ncnc2c1cnn2C. The monoisotopic (exact) mass is 218 g/mol. The molecule has 0 aromatic carbocycles. The van der Waals surface area contributed by atoms with Crippen LogP contribution in [0, 0.1) is 0 Å². The molecule has 0 bridgehead atoms. The van der Waals surface area contributed by atoms with Gasteiger partial charge in [-0.05, 0) is 6.42 Å². The summed E-state index contributed by atoms with van der Waals surface area (Å²) in [5, 5.41) is 4.98. The number of fused-ring (bicyclic) bond motifs is 1. The van der Waals surface area contributed by atoms with Crippen LogP contribution >= 0.6 is 0 Å². The molecule has 2 rings (SSSR count). The Balaban J connectivity index is 2.34. The van der Waals surface area contributed by atoms with E-state index in [1.165, 1.54) is 6.33 Å². The number of Topliss-reactive ketones (excluding diaryl/α,β-unsaturated/α-hetero) is 1. The third-order valence-electron chi connectivity index (χ3n) is 2.51. The number of aromatic nitrogens is 4. The summed E-state index contributed by atoms with van der Waals surface area (Å²) in [5.41, 5.74) is 1.55. The van der Waals surface area contributed by atoms with Crippen LogP contribution in [0.5, 0.6) is 0 Å². The van der Waals surface area contributed by atoms with Crippen molar-refractivity contribution in [3.8, 4) is 0 Å². The first-order valence-electron chi connectivity index (χ1n) is 5.35. The van der Waals surface area contributed by atoms with E-state index < -0.39 is 0 Å². The molecule has 5 nitrogen and oxygen atoms in total. The lowest BCUT2D eigenvalue weighted by atomic mass is 10.1. The molecule has 0 fully saturated rings. The van der Waals surface area contributed by atoms with Gasteiger partial charge in [0.05, 0.1) is 17.3 Å². The highest BCUT2D eigenvalue weighted by Crippen LogP contribution is 2.14. The second-order valence-corrected chi connectivity index (χ2v) is 3.79. The van der Waals surface area contributed by atoms with Crippen LogP contribution in [0.15, 0.2) is 12.5 Å². The fraction of sp³-hybridized carbons (Fsp3) is 0.455. The Morgan fingerprint density at radius 2 is 2.25 bits per heavy atom. The summed E-state index contributed by atoms with van der Waals surface area (Å²) in [5.74, 6) is 0.214. The third-order valence-corrected chi connectivity index (χ3v) is 2.51. The van der Waals surface area contributed by atoms with E-state index in [4.69, 9.17) is 0 Å². The predicted molar refractivity (Wildman–Crippen MR) is 59.9 cm³/mol. The predicted octanol–water partition coefficient (Wildman–Crippen LogP) is 1.27. The summed E-state index contributed by atoms with van der Waals surface area (Å²) >= 11 is 0. The van der Waals surface area contributed by atoms with Gasteiger partial charge in [-0.15, -0.1) is 0 Å². The van der Waals surface area contributed by atoms with E-state index in [9.17, 15) is 4.79 Å². The topological polar surface area (TPSA) is 60.7 Å². The maximum atomic E-state index is 11.6. The molecule has 0 N–H and O–H groups in total. The van der Waals surface area contributed by atoms with Crippen molar-refractivity contribution < 1.29 is 4.79 Å². The Morgan fingerprint density at radius 3 is 3.00 bits per heavy atom. The number of carbonyl (C=O) groups excluding carboxylic acids is 1. The summed E-state index contributed by atoms with van der Waals surface area (Å²) in [6, 6.07) is 0. The van der Waals surface area contributed by atoms with Gasteiger partial charge in [-0.2, -0.15) is 5.10 Å². The molecule has 2 aromatic heterocycles. The van der Waals surface area contributed by atoms with Crippen molar-refractivity contribution in [3.05, 3.63) is 18.2 Å². The first kappa shape index (κ1) is 10.7. The highest BCUT2D eigenvalue weighted by molar-refractivity contribution is 5.86. The maximum absolute atomic E-state index is 11.6. The van der Waals surface area contributed by atoms with Crippen molar-refractivity contribution >= 4 is 16.8 Å². The molecule has 0 aliphatic rings. The number of nitrogens with zero attached hydrogens (tertiary/aromatic N) is 4. The van der Waals surface area contributed by atoms with Gasteiger partial charge in [0.1, 0.15) is 12.1 Å². The van der Waals surface area contributed by atoms with E-state index in [0.717, 1.165) is 23.1 Å². The van der Waals surface area contributed by atoms with Gasteiger partial charge in [-0.1, -0.05) is 6.92 Å². The van der Waals surface area contributed by atoms with Gasteiger partial charge in [0.25, 0.3) is 0 Å². The molecule has 84 valence electrons. The van der Waals surface area contributed by atoms with Crippen LogP contribution in [0.3, 0.4) is 0 Å². The number of carbonyl (C=O) groups is 1. The fourth-order valence-electron chi connectivity index (χ4n) is 1.71. The molecule has 0 spiro atoms. The number of ketones is 1. The number of hydrogen-bond acceptors (Lipinski definition) is 4. The summed E-state index contributed by atoms with van der Waals surface area (Å²) in [4.78, 5) is 19.9. The summed E-state index contributed by atoms with van der Waals surface area (Å²) in [6.07, 6.45) is 5.05. The third kappa shape index (κ3) is 1.93. The number of rotatable bonds is 4. The molecule has 0 atom stereocenters. The summed E-state index contributed by atoms with van der Waals surface area (Å²) in [6.45, 7) is 2.00. The van der Waals surface area contributed by atoms with E-state index in [0.29, 0.717) is 12.8 Å². The zero-order chi connectivity index (χ0) is 11.5. The van der Waals surface area contributed by atoms with Crippen molar-refractivity contribution in [1.82, 2.24) is 19.7 Å². The molecule has 2 aromatic rings. The number of aryl methyl sites for hydroxylation is 1. The van der Waals surface area contributed by atoms with Gasteiger partial charge in [0.15, 0.2) is 5.65 Å². The van der Waals surface area contributed by atoms with Crippen LogP contribution in [0.1, 0.15) is 25.5 Å². The lowest BCUT2D eigenvalue weighted by Crippen LogP contribution is -2.04. The molecule has 16 heavy (non-hydrogen) atoms. The van der Waals surface area contributed by atoms with E-state index in [1.54, 1.807) is 10.9 Å². The van der Waals surface area contributed by atoms with E-state index in [2.05, 4.69) is 15.1 Å². The smallest absolute Gasteiger partial charge is 0.161 e. The van der Waals surface area contributed by atoms with Crippen LogP contribution in [0.2, 0.25) is 0 Å². The van der Waals surface area contributed by atoms with Crippen molar-refractivity contribution in [2.24, 2.45) is 7.05 Å². The van der Waals surface area contributed by atoms with Crippen LogP contribution in [0.25, 0.3) is 11.0 Å². The van der Waals surface area contributed by atoms with Crippen LogP contribution in [0.4, 0.5) is 0 Å². The summed E-state index contributed by atoms with van der Waals surface area (Å²) in [7, 11) is 1.83. The van der Waals surface area contributed by atoms with Crippen molar-refractivity contribution in [3.63, 3.8) is 0 Å². The molecular weight excluding hydrogens is 204 g/mol. The Morgan fingerprint density at radius 1 is 1.44 bits per heavy atom. The average Bonchev–Trinajstić information content (AvgIpc) is 2.62. The van der Waals surface area contributed by atoms with Gasteiger partial charge >= 0.3 is 0 Å². The van der Waals surface area contributed by atoms with Crippen molar-refractivity contribution in [1.29, 1.82) is 0 Å². The molecule has 0 radical (unpaired) electrons. The van der Waals surface area contributed by atoms with Crippen molar-refractivity contribution in [2.75, 3.05) is 0 Å². The minimum Gasteiger partial charge on any atom is -0.299 e. The average molecular weight is 218 g/mol. The molecule has 0 aliphatic carbocycles. The minimum absolute atomic E-state index is 0.214. The standard InChI is InChI=1S/C11H14N4O/c1-3-4-8(16)5-10-9-6-14-15(2)11(9)13-7-12-10/h6-7H,3-5H2,1-2H3.